The highest BCUT2D eigenvalue weighted by Gasteiger charge is 2.27. The monoisotopic (exact) mass is 874 g/mol. The van der Waals surface area contributed by atoms with Crippen LogP contribution in [0.2, 0.25) is 0 Å². The fourth-order valence-corrected chi connectivity index (χ4v) is 6.72. The van der Waals surface area contributed by atoms with Gasteiger partial charge in [-0.3, -0.25) is 43.2 Å². The lowest BCUT2D eigenvalue weighted by Crippen LogP contribution is -2.48. The molecule has 4 aromatic rings. The van der Waals surface area contributed by atoms with Crippen molar-refractivity contribution in [2.45, 2.75) is 51.7 Å². The molecule has 0 aliphatic carbocycles. The molecule has 4 bridgehead atoms. The molecule has 3 aliphatic rings. The van der Waals surface area contributed by atoms with E-state index < -0.39 is 80.8 Å². The van der Waals surface area contributed by atoms with Crippen LogP contribution in [-0.4, -0.2) is 124 Å². The summed E-state index contributed by atoms with van der Waals surface area (Å²) in [5.41, 5.74) is -6.82. The van der Waals surface area contributed by atoms with Crippen molar-refractivity contribution in [3.8, 4) is 0 Å². The van der Waals surface area contributed by atoms with Crippen molar-refractivity contribution in [2.75, 3.05) is 32.7 Å². The predicted octanol–water partition coefficient (Wildman–Crippen LogP) is -0.674. The Morgan fingerprint density at radius 2 is 1.10 bits per heavy atom. The summed E-state index contributed by atoms with van der Waals surface area (Å²) in [6.07, 6.45) is 1.69. The zero-order chi connectivity index (χ0) is 46.1. The molecule has 3 aliphatic heterocycles. The smallest absolute Gasteiger partial charge is 0.296 e. The molecule has 0 aromatic carbocycles. The van der Waals surface area contributed by atoms with Gasteiger partial charge in [-0.2, -0.15) is 9.46 Å². The molecule has 7 heterocycles. The second-order valence-electron chi connectivity index (χ2n) is 14.5. The average molecular weight is 875 g/mol. The molecule has 4 aromatic heterocycles. The molecule has 0 radical (unpaired) electrons. The quantitative estimate of drug-likeness (QED) is 0.116. The number of pyridine rings is 4. The molecular weight excluding hydrogens is 828 g/mol. The van der Waals surface area contributed by atoms with E-state index in [1.165, 1.54) is 47.1 Å². The van der Waals surface area contributed by atoms with Gasteiger partial charge in [0.05, 0.1) is 11.9 Å². The van der Waals surface area contributed by atoms with Crippen molar-refractivity contribution in [1.82, 2.24) is 50.0 Å². The number of amides is 5. The third-order valence-corrected chi connectivity index (χ3v) is 10.1. The van der Waals surface area contributed by atoms with Gasteiger partial charge in [-0.05, 0) is 88.1 Å². The molecule has 0 saturated heterocycles. The Balaban J connectivity index is 1.45. The summed E-state index contributed by atoms with van der Waals surface area (Å²) in [4.78, 5) is 121. The van der Waals surface area contributed by atoms with Gasteiger partial charge in [0.1, 0.15) is 33.6 Å². The predicted molar refractivity (Wildman–Crippen MR) is 220 cm³/mol. The van der Waals surface area contributed by atoms with Crippen molar-refractivity contribution >= 4 is 35.2 Å². The van der Waals surface area contributed by atoms with Crippen molar-refractivity contribution in [1.29, 1.82) is 0 Å². The Hall–Kier alpha value is -8.11. The normalized spacial score (nSPS) is 17.7. The summed E-state index contributed by atoms with van der Waals surface area (Å²) < 4.78 is 0.663. The maximum atomic E-state index is 13.8. The molecular formula is C40H46N10O13. The van der Waals surface area contributed by atoms with Crippen molar-refractivity contribution in [3.63, 3.8) is 0 Å². The van der Waals surface area contributed by atoms with E-state index in [0.717, 1.165) is 30.6 Å². The minimum atomic E-state index is -1.28. The standard InChI is InChI=1S/C40H46N10O13/c1-23-9-4-18-45(35(54)28-10-5-21-47(60)37(28)56)19-7-16-41-24(2)30-14-12-26(39(58)49(30)62)32(51)43-25(3)44-33(52)27-13-15-31(50(63)40(27)59)34(53)42-17-8-20-46(23)36(55)29-11-6-22-48(61)38(29)57/h5-6,10-15,21-23,25,41,60-63H,2,4,7-9,16-20H2,1,3H3,(H,42,53)(H,43,51)(H,44,52). The molecule has 334 valence electrons. The lowest BCUT2D eigenvalue weighted by atomic mass is 10.1. The number of nitrogens with one attached hydrogen (secondary N) is 4. The Morgan fingerprint density at radius 1 is 0.603 bits per heavy atom. The van der Waals surface area contributed by atoms with Gasteiger partial charge < -0.3 is 51.9 Å². The minimum absolute atomic E-state index is 0.0395. The number of carbonyl (C=O) groups excluding carboxylic acids is 5. The van der Waals surface area contributed by atoms with Crippen LogP contribution in [0.4, 0.5) is 0 Å². The van der Waals surface area contributed by atoms with Crippen LogP contribution < -0.4 is 43.5 Å². The summed E-state index contributed by atoms with van der Waals surface area (Å²) in [7, 11) is 0. The number of hydrogen-bond acceptors (Lipinski definition) is 14. The van der Waals surface area contributed by atoms with E-state index in [2.05, 4.69) is 27.8 Å². The highest BCUT2D eigenvalue weighted by Crippen LogP contribution is 2.14. The fourth-order valence-electron chi connectivity index (χ4n) is 6.72. The van der Waals surface area contributed by atoms with Crippen LogP contribution in [0, 0.1) is 0 Å². The summed E-state index contributed by atoms with van der Waals surface area (Å²) in [6.45, 7) is 6.87. The second kappa shape index (κ2) is 20.0. The number of carbonyl (C=O) groups is 5. The fraction of sp³-hybridized carbons (Fsp3) is 0.325. The first-order valence-electron chi connectivity index (χ1n) is 19.6. The SMILES string of the molecule is C=C1NCCCN(C(=O)c2cccn(O)c2=O)CCCC(C)N(C(=O)c2cccn(O)c2=O)CCCNC(=O)c2ccc(c(=O)n2O)C(=O)NC(C)NC(=O)c2ccc1n(O)c2=O. The molecule has 7 rings (SSSR count). The van der Waals surface area contributed by atoms with E-state index in [1.54, 1.807) is 6.92 Å². The Labute approximate surface area is 356 Å². The molecule has 0 saturated carbocycles. The van der Waals surface area contributed by atoms with Crippen LogP contribution in [0.15, 0.2) is 86.7 Å². The third kappa shape index (κ3) is 10.4. The van der Waals surface area contributed by atoms with E-state index in [1.807, 2.05) is 0 Å². The van der Waals surface area contributed by atoms with E-state index >= 15 is 0 Å². The van der Waals surface area contributed by atoms with Gasteiger partial charge in [-0.25, -0.2) is 0 Å². The second-order valence-corrected chi connectivity index (χ2v) is 14.5. The highest BCUT2D eigenvalue weighted by atomic mass is 16.5. The van der Waals surface area contributed by atoms with Crippen LogP contribution >= 0.6 is 0 Å². The van der Waals surface area contributed by atoms with Crippen molar-refractivity contribution in [2.24, 2.45) is 0 Å². The van der Waals surface area contributed by atoms with Crippen LogP contribution in [-0.2, 0) is 0 Å². The zero-order valence-electron chi connectivity index (χ0n) is 34.1. The number of rotatable bonds is 2. The van der Waals surface area contributed by atoms with E-state index in [9.17, 15) is 64.0 Å². The Bertz CT molecular complexity index is 2690. The molecule has 63 heavy (non-hydrogen) atoms. The van der Waals surface area contributed by atoms with Crippen LogP contribution in [0.5, 0.6) is 0 Å². The molecule has 23 heteroatoms. The van der Waals surface area contributed by atoms with E-state index in [4.69, 9.17) is 0 Å². The molecule has 2 atom stereocenters. The van der Waals surface area contributed by atoms with Gasteiger partial charge >= 0.3 is 0 Å². The molecule has 8 N–H and O–H groups in total. The first-order valence-corrected chi connectivity index (χ1v) is 19.6. The maximum absolute atomic E-state index is 13.8. The maximum Gasteiger partial charge on any atom is 0.296 e. The van der Waals surface area contributed by atoms with Gasteiger partial charge in [0.25, 0.3) is 51.8 Å². The molecule has 0 spiro atoms. The van der Waals surface area contributed by atoms with Crippen LogP contribution in [0.3, 0.4) is 0 Å². The lowest BCUT2D eigenvalue weighted by molar-refractivity contribution is 0.0652. The topological polar surface area (TPSA) is 309 Å². The Morgan fingerprint density at radius 3 is 1.68 bits per heavy atom. The number of aromatic nitrogens is 4. The largest absolute Gasteiger partial charge is 0.425 e. The summed E-state index contributed by atoms with van der Waals surface area (Å²) in [5.74, 6) is -4.47. The van der Waals surface area contributed by atoms with Crippen LogP contribution in [0.25, 0.3) is 5.70 Å². The first kappa shape index (κ1) is 46.0. The molecule has 23 nitrogen and oxygen atoms in total. The molecule has 5 amide bonds. The Kier molecular flexibility index (Phi) is 14.6. The highest BCUT2D eigenvalue weighted by molar-refractivity contribution is 5.98. The lowest BCUT2D eigenvalue weighted by Gasteiger charge is -2.30. The van der Waals surface area contributed by atoms with Crippen molar-refractivity contribution < 1.29 is 44.8 Å². The number of nitrogens with zero attached hydrogens (tertiary/aromatic N) is 6. The third-order valence-electron chi connectivity index (χ3n) is 10.1. The summed E-state index contributed by atoms with van der Waals surface area (Å²) in [6, 6.07) is 8.78. The van der Waals surface area contributed by atoms with Gasteiger partial charge in [0, 0.05) is 51.2 Å². The number of fused-ring (bicyclic) bond motifs is 2. The van der Waals surface area contributed by atoms with E-state index in [0.29, 0.717) is 0 Å². The minimum Gasteiger partial charge on any atom is -0.425 e. The molecule has 0 fully saturated rings. The van der Waals surface area contributed by atoms with Gasteiger partial charge in [-0.15, -0.1) is 9.46 Å². The van der Waals surface area contributed by atoms with Gasteiger partial charge in [-0.1, -0.05) is 6.58 Å². The summed E-state index contributed by atoms with van der Waals surface area (Å²) >= 11 is 0. The summed E-state index contributed by atoms with van der Waals surface area (Å²) in [5, 5.41) is 51.3. The average Bonchev–Trinajstić information content (AvgIpc) is 3.24. The zero-order valence-corrected chi connectivity index (χ0v) is 34.1. The molecule has 2 unspecified atom stereocenters. The van der Waals surface area contributed by atoms with Crippen molar-refractivity contribution in [3.05, 3.63) is 143 Å². The van der Waals surface area contributed by atoms with Gasteiger partial charge in [0.15, 0.2) is 0 Å². The van der Waals surface area contributed by atoms with Crippen LogP contribution in [0.1, 0.15) is 97.1 Å². The number of hydrogen-bond donors (Lipinski definition) is 8. The van der Waals surface area contributed by atoms with Gasteiger partial charge in [0.2, 0.25) is 0 Å². The first-order chi connectivity index (χ1) is 29.9. The van der Waals surface area contributed by atoms with E-state index in [-0.39, 0.29) is 99.8 Å².